The number of imidazole rings is 1. The maximum absolute atomic E-state index is 12.2. The number of carbonyl (C=O) groups excluding carboxylic acids is 1. The third-order valence-corrected chi connectivity index (χ3v) is 4.25. The summed E-state index contributed by atoms with van der Waals surface area (Å²) < 4.78 is 7.27. The number of halogens is 2. The van der Waals surface area contributed by atoms with Gasteiger partial charge in [0.25, 0.3) is 0 Å². The van der Waals surface area contributed by atoms with Gasteiger partial charge in [-0.25, -0.2) is 4.98 Å². The van der Waals surface area contributed by atoms with Crippen molar-refractivity contribution < 1.29 is 9.53 Å². The molecular formula is C16H24Cl2N4O2. The number of hydrogen-bond donors (Lipinski definition) is 2. The van der Waals surface area contributed by atoms with E-state index in [0.29, 0.717) is 19.8 Å². The molecule has 1 fully saturated rings. The molecule has 0 spiro atoms. The quantitative estimate of drug-likeness (QED) is 0.855. The molecule has 3 rings (SSSR count). The molecule has 1 atom stereocenters. The smallest absolute Gasteiger partial charge is 0.237 e. The van der Waals surface area contributed by atoms with Crippen molar-refractivity contribution in [3.63, 3.8) is 0 Å². The highest BCUT2D eigenvalue weighted by Gasteiger charge is 2.26. The van der Waals surface area contributed by atoms with Gasteiger partial charge in [-0.1, -0.05) is 6.07 Å². The fourth-order valence-corrected chi connectivity index (χ4v) is 2.87. The van der Waals surface area contributed by atoms with E-state index < -0.39 is 6.04 Å². The first-order valence-corrected chi connectivity index (χ1v) is 7.69. The molecule has 3 N–H and O–H groups in total. The SMILES string of the molecule is Cc1cccn2cc(CNC(=O)C(N)C3CCOCC3)nc12.Cl.Cl. The van der Waals surface area contributed by atoms with Gasteiger partial charge in [0.1, 0.15) is 5.65 Å². The minimum Gasteiger partial charge on any atom is -0.381 e. The van der Waals surface area contributed by atoms with Crippen molar-refractivity contribution in [1.82, 2.24) is 14.7 Å². The first-order valence-electron chi connectivity index (χ1n) is 7.69. The van der Waals surface area contributed by atoms with Crippen LogP contribution in [0.2, 0.25) is 0 Å². The van der Waals surface area contributed by atoms with Gasteiger partial charge >= 0.3 is 0 Å². The Hall–Kier alpha value is -1.34. The van der Waals surface area contributed by atoms with Gasteiger partial charge in [-0.3, -0.25) is 4.79 Å². The minimum atomic E-state index is -0.470. The summed E-state index contributed by atoms with van der Waals surface area (Å²) in [6.45, 7) is 3.80. The summed E-state index contributed by atoms with van der Waals surface area (Å²) in [6, 6.07) is 3.53. The van der Waals surface area contributed by atoms with Crippen LogP contribution in [0.1, 0.15) is 24.1 Å². The van der Waals surface area contributed by atoms with Crippen LogP contribution in [0.25, 0.3) is 5.65 Å². The summed E-state index contributed by atoms with van der Waals surface area (Å²) in [6.07, 6.45) is 5.58. The molecule has 1 unspecified atom stereocenters. The molecule has 8 heteroatoms. The molecule has 2 aromatic heterocycles. The molecule has 134 valence electrons. The summed E-state index contributed by atoms with van der Waals surface area (Å²) in [5.74, 6) is 0.0951. The molecule has 0 saturated carbocycles. The van der Waals surface area contributed by atoms with Crippen molar-refractivity contribution in [2.45, 2.75) is 32.4 Å². The highest BCUT2D eigenvalue weighted by molar-refractivity contribution is 5.85. The van der Waals surface area contributed by atoms with Crippen molar-refractivity contribution in [3.05, 3.63) is 35.8 Å². The number of nitrogens with one attached hydrogen (secondary N) is 1. The largest absolute Gasteiger partial charge is 0.381 e. The van der Waals surface area contributed by atoms with Crippen molar-refractivity contribution >= 4 is 36.4 Å². The summed E-state index contributed by atoms with van der Waals surface area (Å²) in [4.78, 5) is 16.7. The highest BCUT2D eigenvalue weighted by atomic mass is 35.5. The van der Waals surface area contributed by atoms with E-state index in [2.05, 4.69) is 10.3 Å². The Bertz CT molecular complexity index is 671. The number of amides is 1. The lowest BCUT2D eigenvalue weighted by Gasteiger charge is -2.26. The third kappa shape index (κ3) is 4.60. The monoisotopic (exact) mass is 374 g/mol. The fourth-order valence-electron chi connectivity index (χ4n) is 2.87. The van der Waals surface area contributed by atoms with Crippen LogP contribution in [-0.4, -0.2) is 34.5 Å². The Labute approximate surface area is 154 Å². The van der Waals surface area contributed by atoms with Crippen LogP contribution >= 0.6 is 24.8 Å². The number of aryl methyl sites for hydroxylation is 1. The standard InChI is InChI=1S/C16H22N4O2.2ClH/c1-11-3-2-6-20-10-13(19-15(11)20)9-18-16(21)14(17)12-4-7-22-8-5-12;;/h2-3,6,10,12,14H,4-5,7-9,17H2,1H3,(H,18,21);2*1H. The first-order chi connectivity index (χ1) is 10.6. The van der Waals surface area contributed by atoms with Gasteiger partial charge in [-0.15, -0.1) is 24.8 Å². The fraction of sp³-hybridized carbons (Fsp3) is 0.500. The Morgan fingerprint density at radius 1 is 1.46 bits per heavy atom. The van der Waals surface area contributed by atoms with Gasteiger partial charge in [-0.2, -0.15) is 0 Å². The summed E-state index contributed by atoms with van der Waals surface area (Å²) in [5.41, 5.74) is 8.92. The number of hydrogen-bond acceptors (Lipinski definition) is 4. The van der Waals surface area contributed by atoms with E-state index >= 15 is 0 Å². The van der Waals surface area contributed by atoms with Crippen LogP contribution in [0.4, 0.5) is 0 Å². The third-order valence-electron chi connectivity index (χ3n) is 4.25. The van der Waals surface area contributed by atoms with Gasteiger partial charge in [0.2, 0.25) is 5.91 Å². The predicted octanol–water partition coefficient (Wildman–Crippen LogP) is 1.86. The second kappa shape index (κ2) is 9.22. The second-order valence-corrected chi connectivity index (χ2v) is 5.85. The van der Waals surface area contributed by atoms with E-state index in [-0.39, 0.29) is 36.6 Å². The van der Waals surface area contributed by atoms with Crippen LogP contribution in [-0.2, 0) is 16.1 Å². The van der Waals surface area contributed by atoms with Crippen LogP contribution in [0.15, 0.2) is 24.5 Å². The van der Waals surface area contributed by atoms with Crippen molar-refractivity contribution in [2.75, 3.05) is 13.2 Å². The van der Waals surface area contributed by atoms with Crippen molar-refractivity contribution in [2.24, 2.45) is 11.7 Å². The van der Waals surface area contributed by atoms with Crippen LogP contribution in [0.5, 0.6) is 0 Å². The molecule has 1 aliphatic rings. The lowest BCUT2D eigenvalue weighted by molar-refractivity contribution is -0.124. The molecule has 6 nitrogen and oxygen atoms in total. The Morgan fingerprint density at radius 3 is 2.83 bits per heavy atom. The van der Waals surface area contributed by atoms with Crippen LogP contribution < -0.4 is 11.1 Å². The summed E-state index contributed by atoms with van der Waals surface area (Å²) in [5, 5.41) is 2.90. The highest BCUT2D eigenvalue weighted by Crippen LogP contribution is 2.17. The number of fused-ring (bicyclic) bond motifs is 1. The number of nitrogens with zero attached hydrogens (tertiary/aromatic N) is 2. The normalized spacial score (nSPS) is 16.1. The van der Waals surface area contributed by atoms with Gasteiger partial charge in [-0.05, 0) is 37.3 Å². The van der Waals surface area contributed by atoms with Gasteiger partial charge < -0.3 is 20.2 Å². The molecule has 0 radical (unpaired) electrons. The molecular weight excluding hydrogens is 351 g/mol. The number of pyridine rings is 1. The average Bonchev–Trinajstić information content (AvgIpc) is 2.97. The van der Waals surface area contributed by atoms with E-state index in [1.165, 1.54) is 0 Å². The average molecular weight is 375 g/mol. The van der Waals surface area contributed by atoms with E-state index in [9.17, 15) is 4.79 Å². The zero-order chi connectivity index (χ0) is 15.5. The zero-order valence-corrected chi connectivity index (χ0v) is 15.2. The molecule has 24 heavy (non-hydrogen) atoms. The lowest BCUT2D eigenvalue weighted by Crippen LogP contribution is -2.46. The number of ether oxygens (including phenoxy) is 1. The van der Waals surface area contributed by atoms with E-state index in [1.807, 2.05) is 35.9 Å². The number of nitrogens with two attached hydrogens (primary N) is 1. The number of rotatable bonds is 4. The number of carbonyl (C=O) groups is 1. The minimum absolute atomic E-state index is 0. The maximum Gasteiger partial charge on any atom is 0.237 e. The molecule has 0 aromatic carbocycles. The van der Waals surface area contributed by atoms with Gasteiger partial charge in [0, 0.05) is 25.6 Å². The van der Waals surface area contributed by atoms with Crippen LogP contribution in [0.3, 0.4) is 0 Å². The lowest BCUT2D eigenvalue weighted by atomic mass is 9.92. The Kier molecular flexibility index (Phi) is 7.96. The summed E-state index contributed by atoms with van der Waals surface area (Å²) >= 11 is 0. The van der Waals surface area contributed by atoms with E-state index in [4.69, 9.17) is 10.5 Å². The van der Waals surface area contributed by atoms with E-state index in [0.717, 1.165) is 29.7 Å². The molecule has 1 saturated heterocycles. The number of aromatic nitrogens is 2. The van der Waals surface area contributed by atoms with E-state index in [1.54, 1.807) is 0 Å². The Balaban J connectivity index is 0.00000144. The van der Waals surface area contributed by atoms with Crippen LogP contribution in [0, 0.1) is 12.8 Å². The van der Waals surface area contributed by atoms with Gasteiger partial charge in [0.15, 0.2) is 0 Å². The molecule has 2 aromatic rings. The van der Waals surface area contributed by atoms with Crippen molar-refractivity contribution in [3.8, 4) is 0 Å². The molecule has 1 aliphatic heterocycles. The summed E-state index contributed by atoms with van der Waals surface area (Å²) in [7, 11) is 0. The van der Waals surface area contributed by atoms with Gasteiger partial charge in [0.05, 0.1) is 18.3 Å². The first kappa shape index (κ1) is 20.7. The van der Waals surface area contributed by atoms with Crippen molar-refractivity contribution in [1.29, 1.82) is 0 Å². The molecule has 0 aliphatic carbocycles. The molecule has 1 amide bonds. The Morgan fingerprint density at radius 2 is 2.17 bits per heavy atom. The second-order valence-electron chi connectivity index (χ2n) is 5.85. The predicted molar refractivity (Wildman–Crippen MR) is 97.8 cm³/mol. The maximum atomic E-state index is 12.2. The zero-order valence-electron chi connectivity index (χ0n) is 13.6. The topological polar surface area (TPSA) is 81.7 Å². The molecule has 3 heterocycles. The molecule has 0 bridgehead atoms.